The standard InChI is InChI=1S/CH4N2O.CH4O4S.H3P/c2-1(3)4;1-5-6(2,3)4;/h(H4,2,3,4);1H3,(H,2,3,4);1H3. The van der Waals surface area contributed by atoms with Crippen molar-refractivity contribution in [3.05, 3.63) is 0 Å². The number of carbonyl (C=O) groups excluding carboxylic acids is 1. The first-order valence-electron chi connectivity index (χ1n) is 1.87. The van der Waals surface area contributed by atoms with Gasteiger partial charge in [0.25, 0.3) is 0 Å². The molecular formula is C2H11N2O5PS. The third-order valence-corrected chi connectivity index (χ3v) is 0.632. The molecule has 0 rings (SSSR count). The molecule has 0 aliphatic heterocycles. The zero-order valence-corrected chi connectivity index (χ0v) is 8.08. The highest BCUT2D eigenvalue weighted by Gasteiger charge is 1.93. The van der Waals surface area contributed by atoms with Crippen molar-refractivity contribution in [2.45, 2.75) is 0 Å². The highest BCUT2D eigenvalue weighted by Crippen LogP contribution is 1.74. The first-order valence-corrected chi connectivity index (χ1v) is 3.24. The second-order valence-electron chi connectivity index (χ2n) is 0.997. The average Bonchev–Trinajstić information content (AvgIpc) is 1.63. The first kappa shape index (κ1) is 16.9. The van der Waals surface area contributed by atoms with Gasteiger partial charge in [-0.25, -0.2) is 4.79 Å². The van der Waals surface area contributed by atoms with Gasteiger partial charge in [-0.05, 0) is 0 Å². The van der Waals surface area contributed by atoms with E-state index in [-0.39, 0.29) is 9.90 Å². The molecule has 0 heterocycles. The van der Waals surface area contributed by atoms with Crippen LogP contribution < -0.4 is 11.5 Å². The van der Waals surface area contributed by atoms with Gasteiger partial charge in [0.05, 0.1) is 7.11 Å². The highest BCUT2D eigenvalue weighted by molar-refractivity contribution is 7.80. The number of amides is 2. The molecule has 0 saturated heterocycles. The molecule has 0 bridgehead atoms. The van der Waals surface area contributed by atoms with Crippen molar-refractivity contribution >= 4 is 26.3 Å². The molecule has 0 aromatic carbocycles. The van der Waals surface area contributed by atoms with E-state index in [1.165, 1.54) is 0 Å². The topological polar surface area (TPSA) is 133 Å². The molecule has 2 amide bonds. The average molecular weight is 206 g/mol. The van der Waals surface area contributed by atoms with Crippen LogP contribution in [0.3, 0.4) is 0 Å². The van der Waals surface area contributed by atoms with Crippen LogP contribution in [0.2, 0.25) is 0 Å². The summed E-state index contributed by atoms with van der Waals surface area (Å²) in [5.41, 5.74) is 8.50. The summed E-state index contributed by atoms with van der Waals surface area (Å²) >= 11 is 0. The van der Waals surface area contributed by atoms with Gasteiger partial charge in [-0.3, -0.25) is 8.74 Å². The van der Waals surface area contributed by atoms with Crippen molar-refractivity contribution in [3.8, 4) is 0 Å². The van der Waals surface area contributed by atoms with Crippen LogP contribution in [0.5, 0.6) is 0 Å². The Balaban J connectivity index is -0.000000114. The van der Waals surface area contributed by atoms with Crippen molar-refractivity contribution in [1.82, 2.24) is 0 Å². The van der Waals surface area contributed by atoms with Gasteiger partial charge >= 0.3 is 16.4 Å². The maximum atomic E-state index is 9.33. The predicted molar refractivity (Wildman–Crippen MR) is 43.4 cm³/mol. The van der Waals surface area contributed by atoms with Crippen LogP contribution in [0.15, 0.2) is 0 Å². The summed E-state index contributed by atoms with van der Waals surface area (Å²) in [6.07, 6.45) is 0. The molecule has 0 aromatic rings. The molecule has 0 aromatic heterocycles. The fraction of sp³-hybridized carbons (Fsp3) is 0.500. The quantitative estimate of drug-likeness (QED) is 0.355. The molecule has 70 valence electrons. The van der Waals surface area contributed by atoms with E-state index in [4.69, 9.17) is 9.35 Å². The molecular weight excluding hydrogens is 195 g/mol. The van der Waals surface area contributed by atoms with Gasteiger partial charge in [0.1, 0.15) is 0 Å². The lowest BCUT2D eigenvalue weighted by Gasteiger charge is -1.82. The van der Waals surface area contributed by atoms with E-state index >= 15 is 0 Å². The van der Waals surface area contributed by atoms with Gasteiger partial charge in [0.2, 0.25) is 0 Å². The van der Waals surface area contributed by atoms with Gasteiger partial charge < -0.3 is 11.5 Å². The molecule has 9 heteroatoms. The second-order valence-corrected chi connectivity index (χ2v) is 2.19. The summed E-state index contributed by atoms with van der Waals surface area (Å²) in [6.45, 7) is 0. The van der Waals surface area contributed by atoms with E-state index in [0.29, 0.717) is 0 Å². The summed E-state index contributed by atoms with van der Waals surface area (Å²) in [5.74, 6) is 0. The largest absolute Gasteiger partial charge is 0.397 e. The smallest absolute Gasteiger partial charge is 0.352 e. The van der Waals surface area contributed by atoms with Crippen LogP contribution in [-0.2, 0) is 14.6 Å². The molecule has 5 N–H and O–H groups in total. The van der Waals surface area contributed by atoms with Crippen molar-refractivity contribution in [2.75, 3.05) is 7.11 Å². The van der Waals surface area contributed by atoms with Gasteiger partial charge in [-0.2, -0.15) is 18.3 Å². The first-order chi connectivity index (χ1) is 4.29. The highest BCUT2D eigenvalue weighted by atomic mass is 32.3. The lowest BCUT2D eigenvalue weighted by Crippen LogP contribution is -2.18. The number of carbonyl (C=O) groups is 1. The maximum absolute atomic E-state index is 9.33. The molecule has 0 saturated carbocycles. The van der Waals surface area contributed by atoms with Crippen LogP contribution in [0.25, 0.3) is 0 Å². The summed E-state index contributed by atoms with van der Waals surface area (Å²) in [6, 6.07) is -0.833. The number of hydrogen-bond donors (Lipinski definition) is 3. The fourth-order valence-electron chi connectivity index (χ4n) is 0. The van der Waals surface area contributed by atoms with Crippen molar-refractivity contribution < 1.29 is 21.9 Å². The molecule has 1 atom stereocenters. The molecule has 0 radical (unpaired) electrons. The summed E-state index contributed by atoms with van der Waals surface area (Å²) in [5, 5.41) is 0. The minimum atomic E-state index is -4.16. The SMILES string of the molecule is COS(=O)(=O)O.NC(N)=O.P. The molecule has 11 heavy (non-hydrogen) atoms. The monoisotopic (exact) mass is 206 g/mol. The van der Waals surface area contributed by atoms with E-state index in [9.17, 15) is 8.42 Å². The Bertz CT molecular complexity index is 185. The van der Waals surface area contributed by atoms with Gasteiger partial charge in [0.15, 0.2) is 0 Å². The van der Waals surface area contributed by atoms with Crippen LogP contribution in [0.4, 0.5) is 4.79 Å². The van der Waals surface area contributed by atoms with Crippen molar-refractivity contribution in [2.24, 2.45) is 11.5 Å². The van der Waals surface area contributed by atoms with Crippen LogP contribution >= 0.6 is 9.90 Å². The Hall–Kier alpha value is -0.430. The lowest BCUT2D eigenvalue weighted by atomic mass is 11.2. The third kappa shape index (κ3) is 83.0. The normalized spacial score (nSPS) is 8.55. The van der Waals surface area contributed by atoms with Crippen molar-refractivity contribution in [1.29, 1.82) is 0 Å². The third-order valence-electron chi connectivity index (χ3n) is 0.211. The van der Waals surface area contributed by atoms with E-state index in [0.717, 1.165) is 7.11 Å². The van der Waals surface area contributed by atoms with Gasteiger partial charge in [-0.15, -0.1) is 0 Å². The molecule has 0 fully saturated rings. The number of hydrogen-bond acceptors (Lipinski definition) is 4. The number of nitrogens with two attached hydrogens (primary N) is 2. The summed E-state index contributed by atoms with van der Waals surface area (Å²) in [7, 11) is -3.29. The Labute approximate surface area is 67.7 Å². The van der Waals surface area contributed by atoms with Gasteiger partial charge in [0, 0.05) is 0 Å². The number of primary amides is 2. The molecule has 0 aliphatic carbocycles. The van der Waals surface area contributed by atoms with Crippen LogP contribution in [0, 0.1) is 0 Å². The van der Waals surface area contributed by atoms with Crippen LogP contribution in [0.1, 0.15) is 0 Å². The minimum absolute atomic E-state index is 0. The fourth-order valence-corrected chi connectivity index (χ4v) is 0. The van der Waals surface area contributed by atoms with E-state index in [2.05, 4.69) is 15.7 Å². The van der Waals surface area contributed by atoms with E-state index in [1.54, 1.807) is 0 Å². The minimum Gasteiger partial charge on any atom is -0.352 e. The molecule has 1 unspecified atom stereocenters. The Morgan fingerprint density at radius 2 is 1.55 bits per heavy atom. The van der Waals surface area contributed by atoms with Crippen molar-refractivity contribution in [3.63, 3.8) is 0 Å². The number of urea groups is 1. The molecule has 0 aliphatic rings. The predicted octanol–water partition coefficient (Wildman–Crippen LogP) is -1.48. The Morgan fingerprint density at radius 1 is 1.45 bits per heavy atom. The van der Waals surface area contributed by atoms with Crippen LogP contribution in [-0.4, -0.2) is 26.1 Å². The summed E-state index contributed by atoms with van der Waals surface area (Å²) < 4.78 is 29.7. The zero-order valence-electron chi connectivity index (χ0n) is 5.85. The molecule has 7 nitrogen and oxygen atoms in total. The second kappa shape index (κ2) is 7.67. The van der Waals surface area contributed by atoms with E-state index in [1.807, 2.05) is 0 Å². The zero-order chi connectivity index (χ0) is 8.78. The Kier molecular flexibility index (Phi) is 11.8. The molecule has 0 spiro atoms. The summed E-state index contributed by atoms with van der Waals surface area (Å²) in [4.78, 5) is 9.00. The maximum Gasteiger partial charge on any atom is 0.397 e. The van der Waals surface area contributed by atoms with Gasteiger partial charge in [-0.1, -0.05) is 0 Å². The lowest BCUT2D eigenvalue weighted by molar-refractivity contribution is 0.256. The van der Waals surface area contributed by atoms with E-state index < -0.39 is 16.4 Å². The number of rotatable bonds is 1. The Morgan fingerprint density at radius 3 is 1.55 bits per heavy atom.